The standard InChI is InChI=1S/C15H17NO7/c1-8(17)16-12(15(20)21)6-11-4-5-13(22-9(2)18)14(7-11)23-10(3)19/h4-5,7,12H,6H2,1-3H3,(H,16,17)(H,20,21). The third-order valence-corrected chi connectivity index (χ3v) is 2.63. The molecule has 0 bridgehead atoms. The molecule has 1 unspecified atom stereocenters. The maximum absolute atomic E-state index is 11.1. The van der Waals surface area contributed by atoms with Crippen LogP contribution in [-0.2, 0) is 25.6 Å². The van der Waals surface area contributed by atoms with E-state index in [2.05, 4.69) is 5.32 Å². The third kappa shape index (κ3) is 6.16. The minimum absolute atomic E-state index is 0.00263. The molecule has 0 aliphatic carbocycles. The van der Waals surface area contributed by atoms with E-state index in [9.17, 15) is 19.2 Å². The Morgan fingerprint density at radius 2 is 1.61 bits per heavy atom. The van der Waals surface area contributed by atoms with Crippen molar-refractivity contribution in [1.29, 1.82) is 0 Å². The molecule has 0 radical (unpaired) electrons. The van der Waals surface area contributed by atoms with Crippen LogP contribution in [-0.4, -0.2) is 35.0 Å². The van der Waals surface area contributed by atoms with Gasteiger partial charge in [0.15, 0.2) is 11.5 Å². The van der Waals surface area contributed by atoms with Gasteiger partial charge in [0, 0.05) is 27.2 Å². The fourth-order valence-electron chi connectivity index (χ4n) is 1.83. The van der Waals surface area contributed by atoms with E-state index >= 15 is 0 Å². The summed E-state index contributed by atoms with van der Waals surface area (Å²) in [6.45, 7) is 3.59. The van der Waals surface area contributed by atoms with Crippen molar-refractivity contribution < 1.29 is 33.8 Å². The molecule has 1 amide bonds. The lowest BCUT2D eigenvalue weighted by Gasteiger charge is -2.15. The minimum Gasteiger partial charge on any atom is -0.480 e. The number of carbonyl (C=O) groups is 4. The summed E-state index contributed by atoms with van der Waals surface area (Å²) in [6, 6.07) is 3.17. The highest BCUT2D eigenvalue weighted by atomic mass is 16.6. The van der Waals surface area contributed by atoms with Gasteiger partial charge in [0.2, 0.25) is 5.91 Å². The summed E-state index contributed by atoms with van der Waals surface area (Å²) in [7, 11) is 0. The van der Waals surface area contributed by atoms with Crippen molar-refractivity contribution in [2.45, 2.75) is 33.2 Å². The fraction of sp³-hybridized carbons (Fsp3) is 0.333. The lowest BCUT2D eigenvalue weighted by atomic mass is 10.1. The quantitative estimate of drug-likeness (QED) is 0.583. The van der Waals surface area contributed by atoms with Crippen molar-refractivity contribution in [1.82, 2.24) is 5.32 Å². The molecule has 0 saturated carbocycles. The molecule has 0 fully saturated rings. The highest BCUT2D eigenvalue weighted by molar-refractivity contribution is 5.82. The van der Waals surface area contributed by atoms with Crippen LogP contribution in [0.2, 0.25) is 0 Å². The fourth-order valence-corrected chi connectivity index (χ4v) is 1.83. The zero-order chi connectivity index (χ0) is 17.6. The number of carboxylic acid groups (broad SMARTS) is 1. The molecule has 8 heteroatoms. The average Bonchev–Trinajstić information content (AvgIpc) is 2.39. The lowest BCUT2D eigenvalue weighted by molar-refractivity contribution is -0.141. The van der Waals surface area contributed by atoms with Gasteiger partial charge in [-0.2, -0.15) is 0 Å². The summed E-state index contributed by atoms with van der Waals surface area (Å²) in [6.07, 6.45) is -0.0243. The average molecular weight is 323 g/mol. The van der Waals surface area contributed by atoms with Crippen molar-refractivity contribution in [2.75, 3.05) is 0 Å². The van der Waals surface area contributed by atoms with Gasteiger partial charge in [0.1, 0.15) is 6.04 Å². The monoisotopic (exact) mass is 323 g/mol. The third-order valence-electron chi connectivity index (χ3n) is 2.63. The first-order valence-corrected chi connectivity index (χ1v) is 6.68. The van der Waals surface area contributed by atoms with Crippen LogP contribution in [0.3, 0.4) is 0 Å². The van der Waals surface area contributed by atoms with Gasteiger partial charge in [-0.1, -0.05) is 6.07 Å². The number of benzene rings is 1. The molecule has 1 aromatic carbocycles. The molecule has 0 aliphatic heterocycles. The minimum atomic E-state index is -1.20. The van der Waals surface area contributed by atoms with Gasteiger partial charge in [-0.05, 0) is 17.7 Å². The van der Waals surface area contributed by atoms with Crippen LogP contribution in [0, 0.1) is 0 Å². The molecule has 2 N–H and O–H groups in total. The number of aliphatic carboxylic acids is 1. The number of ether oxygens (including phenoxy) is 2. The van der Waals surface area contributed by atoms with Crippen LogP contribution < -0.4 is 14.8 Å². The summed E-state index contributed by atoms with van der Waals surface area (Å²) in [5, 5.41) is 11.4. The van der Waals surface area contributed by atoms with Gasteiger partial charge in [0.05, 0.1) is 0 Å². The van der Waals surface area contributed by atoms with Gasteiger partial charge in [0.25, 0.3) is 0 Å². The van der Waals surface area contributed by atoms with E-state index in [-0.39, 0.29) is 17.9 Å². The molecular weight excluding hydrogens is 306 g/mol. The number of esters is 2. The SMILES string of the molecule is CC(=O)NC(Cc1ccc(OC(C)=O)c(OC(C)=O)c1)C(=O)O. The Hall–Kier alpha value is -2.90. The molecule has 0 aliphatic rings. The highest BCUT2D eigenvalue weighted by Gasteiger charge is 2.20. The van der Waals surface area contributed by atoms with E-state index < -0.39 is 29.9 Å². The lowest BCUT2D eigenvalue weighted by Crippen LogP contribution is -2.41. The number of rotatable bonds is 6. The maximum atomic E-state index is 11.1. The highest BCUT2D eigenvalue weighted by Crippen LogP contribution is 2.29. The Morgan fingerprint density at radius 3 is 2.09 bits per heavy atom. The largest absolute Gasteiger partial charge is 0.480 e. The van der Waals surface area contributed by atoms with E-state index in [1.54, 1.807) is 0 Å². The van der Waals surface area contributed by atoms with Crippen LogP contribution in [0.1, 0.15) is 26.3 Å². The number of carboxylic acids is 1. The first-order chi connectivity index (χ1) is 10.7. The topological polar surface area (TPSA) is 119 Å². The smallest absolute Gasteiger partial charge is 0.326 e. The molecule has 0 saturated heterocycles. The normalized spacial score (nSPS) is 11.3. The van der Waals surface area contributed by atoms with Crippen LogP contribution in [0.15, 0.2) is 18.2 Å². The Labute approximate surface area is 132 Å². The number of carbonyl (C=O) groups excluding carboxylic acids is 3. The summed E-state index contributed by atoms with van der Waals surface area (Å²) in [5.74, 6) is -2.84. The first-order valence-electron chi connectivity index (χ1n) is 6.68. The van der Waals surface area contributed by atoms with Crippen molar-refractivity contribution in [2.24, 2.45) is 0 Å². The second kappa shape index (κ2) is 7.92. The second-order valence-electron chi connectivity index (χ2n) is 4.76. The van der Waals surface area contributed by atoms with Crippen LogP contribution in [0.4, 0.5) is 0 Å². The molecule has 1 aromatic rings. The Balaban J connectivity index is 3.07. The van der Waals surface area contributed by atoms with E-state index in [4.69, 9.17) is 14.6 Å². The zero-order valence-electron chi connectivity index (χ0n) is 12.9. The van der Waals surface area contributed by atoms with Gasteiger partial charge in [-0.3, -0.25) is 14.4 Å². The van der Waals surface area contributed by atoms with Crippen molar-refractivity contribution >= 4 is 23.8 Å². The number of hydrogen-bond acceptors (Lipinski definition) is 6. The molecule has 0 aromatic heterocycles. The molecule has 0 spiro atoms. The number of hydrogen-bond donors (Lipinski definition) is 2. The Morgan fingerprint density at radius 1 is 1.04 bits per heavy atom. The Bertz CT molecular complexity index is 639. The van der Waals surface area contributed by atoms with E-state index in [0.29, 0.717) is 5.56 Å². The molecule has 8 nitrogen and oxygen atoms in total. The molecule has 1 atom stereocenters. The van der Waals surface area contributed by atoms with Crippen molar-refractivity contribution in [3.05, 3.63) is 23.8 Å². The summed E-state index contributed by atoms with van der Waals surface area (Å²) in [4.78, 5) is 44.3. The molecular formula is C15H17NO7. The van der Waals surface area contributed by atoms with E-state index in [0.717, 1.165) is 0 Å². The van der Waals surface area contributed by atoms with Gasteiger partial charge >= 0.3 is 17.9 Å². The predicted octanol–water partition coefficient (Wildman–Crippen LogP) is 0.669. The maximum Gasteiger partial charge on any atom is 0.326 e. The van der Waals surface area contributed by atoms with E-state index in [1.807, 2.05) is 0 Å². The van der Waals surface area contributed by atoms with E-state index in [1.165, 1.54) is 39.0 Å². The van der Waals surface area contributed by atoms with Crippen LogP contribution in [0.25, 0.3) is 0 Å². The van der Waals surface area contributed by atoms with Crippen LogP contribution in [0.5, 0.6) is 11.5 Å². The Kier molecular flexibility index (Phi) is 6.25. The summed E-state index contributed by atoms with van der Waals surface area (Å²) < 4.78 is 9.88. The van der Waals surface area contributed by atoms with Crippen molar-refractivity contribution in [3.8, 4) is 11.5 Å². The zero-order valence-corrected chi connectivity index (χ0v) is 12.9. The number of amides is 1. The first kappa shape index (κ1) is 18.1. The van der Waals surface area contributed by atoms with Gasteiger partial charge in [-0.15, -0.1) is 0 Å². The summed E-state index contributed by atoms with van der Waals surface area (Å²) >= 11 is 0. The molecule has 23 heavy (non-hydrogen) atoms. The number of nitrogens with one attached hydrogen (secondary N) is 1. The van der Waals surface area contributed by atoms with Gasteiger partial charge in [-0.25, -0.2) is 4.79 Å². The second-order valence-corrected chi connectivity index (χ2v) is 4.76. The molecule has 124 valence electrons. The molecule has 0 heterocycles. The predicted molar refractivity (Wildman–Crippen MR) is 78.0 cm³/mol. The van der Waals surface area contributed by atoms with Crippen molar-refractivity contribution in [3.63, 3.8) is 0 Å². The summed E-state index contributed by atoms with van der Waals surface area (Å²) in [5.41, 5.74) is 0.485. The van der Waals surface area contributed by atoms with Gasteiger partial charge < -0.3 is 19.9 Å². The van der Waals surface area contributed by atoms with Crippen LogP contribution >= 0.6 is 0 Å². The molecule has 1 rings (SSSR count).